The molecular weight excluding hydrogens is 924 g/mol. The quantitative estimate of drug-likeness (QED) is 0.164. The lowest BCUT2D eigenvalue weighted by Crippen LogP contribution is -2.67. The molecule has 8 heteroatoms. The summed E-state index contributed by atoms with van der Waals surface area (Å²) in [4.78, 5) is 5.04. The zero-order chi connectivity index (χ0) is 47.9. The Morgan fingerprint density at radius 1 is 0.338 bits per heavy atom. The molecule has 0 amide bonds. The molecular formula is C66H35B2NO4S. The van der Waals surface area contributed by atoms with Crippen molar-refractivity contribution in [2.75, 3.05) is 4.90 Å². The molecule has 0 spiro atoms. The van der Waals surface area contributed by atoms with E-state index in [4.69, 9.17) is 18.3 Å². The molecule has 0 aliphatic carbocycles. The fraction of sp³-hybridized carbons (Fsp3) is 0. The van der Waals surface area contributed by atoms with Crippen LogP contribution in [0.25, 0.3) is 88.4 Å². The van der Waals surface area contributed by atoms with Gasteiger partial charge in [0.25, 0.3) is 13.4 Å². The summed E-state index contributed by atoms with van der Waals surface area (Å²) in [7, 11) is 0. The maximum absolute atomic E-state index is 7.65. The van der Waals surface area contributed by atoms with Crippen molar-refractivity contribution in [3.8, 4) is 67.5 Å². The lowest BCUT2D eigenvalue weighted by Gasteiger charge is -2.50. The van der Waals surface area contributed by atoms with Crippen LogP contribution in [0.4, 0.5) is 17.1 Å². The fourth-order valence-corrected chi connectivity index (χ4v) is 14.5. The zero-order valence-electron chi connectivity index (χ0n) is 39.4. The second-order valence-electron chi connectivity index (χ2n) is 20.1. The number of furan rings is 2. The van der Waals surface area contributed by atoms with E-state index < -0.39 is 0 Å². The molecule has 74 heavy (non-hydrogen) atoms. The van der Waals surface area contributed by atoms with Gasteiger partial charge in [0, 0.05) is 43.1 Å². The maximum atomic E-state index is 7.65. The molecule has 0 saturated heterocycles. The van der Waals surface area contributed by atoms with Gasteiger partial charge >= 0.3 is 0 Å². The summed E-state index contributed by atoms with van der Waals surface area (Å²) in [6, 6.07) is 76.5. The minimum Gasteiger partial charge on any atom is -0.457 e. The number of anilines is 3. The van der Waals surface area contributed by atoms with Gasteiger partial charge in [0.1, 0.15) is 45.3 Å². The SMILES string of the molecule is c1ccc(-c2cc3c4c(c2)B2c5cc6c(oc7ccccc76)c(-c6ccccc6)c5Oc5cc6c7c(c52)N4c2c(cc(-c4ccccc4)cc2B7c2cc4c(oc5ccccc54)c(-c4ccccc4)c2O6)S3)cc1. The minimum atomic E-state index is -0.210. The molecule has 5 aliphatic heterocycles. The summed E-state index contributed by atoms with van der Waals surface area (Å²) >= 11 is 1.89. The average molecular weight is 960 g/mol. The Morgan fingerprint density at radius 2 is 0.743 bits per heavy atom. The molecule has 5 nitrogen and oxygen atoms in total. The first kappa shape index (κ1) is 39.5. The predicted octanol–water partition coefficient (Wildman–Crippen LogP) is 14.0. The van der Waals surface area contributed by atoms with Crippen LogP contribution in [0.3, 0.4) is 0 Å². The summed E-state index contributed by atoms with van der Waals surface area (Å²) in [5, 5.41) is 4.31. The molecule has 0 radical (unpaired) electrons. The van der Waals surface area contributed by atoms with Gasteiger partial charge in [0.2, 0.25) is 0 Å². The van der Waals surface area contributed by atoms with E-state index in [2.05, 4.69) is 217 Å². The Hall–Kier alpha value is -9.10. The minimum absolute atomic E-state index is 0.210. The Kier molecular flexibility index (Phi) is 7.64. The van der Waals surface area contributed by atoms with E-state index in [-0.39, 0.29) is 13.4 Å². The summed E-state index contributed by atoms with van der Waals surface area (Å²) in [5.41, 5.74) is 22.6. The van der Waals surface area contributed by atoms with Crippen LogP contribution in [0.15, 0.2) is 231 Å². The first-order valence-electron chi connectivity index (χ1n) is 25.3. The van der Waals surface area contributed by atoms with Crippen molar-refractivity contribution in [2.24, 2.45) is 0 Å². The van der Waals surface area contributed by atoms with Crippen LogP contribution < -0.4 is 47.2 Å². The van der Waals surface area contributed by atoms with Gasteiger partial charge in [-0.15, -0.1) is 0 Å². The molecule has 18 rings (SSSR count). The first-order chi connectivity index (χ1) is 36.7. The smallest absolute Gasteiger partial charge is 0.256 e. The molecule has 13 aromatic rings. The standard InChI is InChI=1S/C66H35B2NO4S/c1-5-17-36(18-6-1)40-29-46-60-54(31-40)74-55-32-41(37-19-7-2-8-20-37)30-47-61(55)69(60)62-58-52(72-65-48(67(46)58)33-44-42-25-13-15-27-50(42)70-63(44)56(65)38-21-9-3-10-22-38)35-53-59(62)68(47)49-34-45-43-26-14-16-28-51(43)71-64(45)57(66(49)73-53)39-23-11-4-12-24-39/h1-35H. The van der Waals surface area contributed by atoms with Crippen molar-refractivity contribution in [2.45, 2.75) is 9.79 Å². The number of nitrogens with zero attached hydrogens (tertiary/aromatic N) is 1. The van der Waals surface area contributed by atoms with E-state index in [1.54, 1.807) is 0 Å². The molecule has 0 atom stereocenters. The summed E-state index contributed by atoms with van der Waals surface area (Å²) in [6.07, 6.45) is 0. The highest BCUT2D eigenvalue weighted by Gasteiger charge is 2.54. The highest BCUT2D eigenvalue weighted by Crippen LogP contribution is 2.58. The Morgan fingerprint density at radius 3 is 1.19 bits per heavy atom. The van der Waals surface area contributed by atoms with E-state index in [1.165, 1.54) is 54.3 Å². The molecule has 0 saturated carbocycles. The van der Waals surface area contributed by atoms with Gasteiger partial charge in [-0.2, -0.15) is 0 Å². The molecule has 340 valence electrons. The van der Waals surface area contributed by atoms with Gasteiger partial charge < -0.3 is 23.2 Å². The third kappa shape index (κ3) is 5.12. The Bertz CT molecular complexity index is 4360. The van der Waals surface area contributed by atoms with E-state index in [9.17, 15) is 0 Å². The normalized spacial score (nSPS) is 13.8. The highest BCUT2D eigenvalue weighted by molar-refractivity contribution is 7.99. The first-order valence-corrected chi connectivity index (χ1v) is 26.1. The zero-order valence-corrected chi connectivity index (χ0v) is 40.2. The van der Waals surface area contributed by atoms with E-state index >= 15 is 0 Å². The molecule has 0 bridgehead atoms. The van der Waals surface area contributed by atoms with Crippen LogP contribution in [0.1, 0.15) is 0 Å². The molecule has 0 N–H and O–H groups in total. The third-order valence-electron chi connectivity index (χ3n) is 16.3. The largest absolute Gasteiger partial charge is 0.457 e. The molecule has 2 aromatic heterocycles. The van der Waals surface area contributed by atoms with Crippen molar-refractivity contribution in [1.82, 2.24) is 0 Å². The number of hydrogen-bond acceptors (Lipinski definition) is 6. The third-order valence-corrected chi connectivity index (χ3v) is 17.3. The van der Waals surface area contributed by atoms with Gasteiger partial charge in [0.05, 0.1) is 22.5 Å². The number of ether oxygens (including phenoxy) is 2. The molecule has 11 aromatic carbocycles. The Balaban J connectivity index is 1.01. The second kappa shape index (κ2) is 14.3. The van der Waals surface area contributed by atoms with Crippen LogP contribution in [0, 0.1) is 0 Å². The van der Waals surface area contributed by atoms with Gasteiger partial charge in [-0.1, -0.05) is 194 Å². The van der Waals surface area contributed by atoms with Crippen LogP contribution in [-0.2, 0) is 0 Å². The molecule has 0 fully saturated rings. The van der Waals surface area contributed by atoms with Gasteiger partial charge in [-0.05, 0) is 90.4 Å². The summed E-state index contributed by atoms with van der Waals surface area (Å²) in [5.74, 6) is 3.15. The van der Waals surface area contributed by atoms with Gasteiger partial charge in [0.15, 0.2) is 0 Å². The second-order valence-corrected chi connectivity index (χ2v) is 21.2. The lowest BCUT2D eigenvalue weighted by molar-refractivity contribution is 0.467. The van der Waals surface area contributed by atoms with Crippen molar-refractivity contribution in [1.29, 1.82) is 0 Å². The number of benzene rings is 11. The van der Waals surface area contributed by atoms with Crippen LogP contribution in [0.2, 0.25) is 0 Å². The Labute approximate surface area is 429 Å². The average Bonchev–Trinajstić information content (AvgIpc) is 4.13. The molecule has 0 unspecified atom stereocenters. The molecule has 5 aliphatic rings. The fourth-order valence-electron chi connectivity index (χ4n) is 13.3. The lowest BCUT2D eigenvalue weighted by atomic mass is 9.29. The van der Waals surface area contributed by atoms with Crippen LogP contribution in [0.5, 0.6) is 23.0 Å². The van der Waals surface area contributed by atoms with Gasteiger partial charge in [-0.25, -0.2) is 0 Å². The van der Waals surface area contributed by atoms with Crippen molar-refractivity contribution in [3.63, 3.8) is 0 Å². The van der Waals surface area contributed by atoms with E-state index in [1.807, 2.05) is 11.8 Å². The number of fused-ring (bicyclic) bond motifs is 12. The van der Waals surface area contributed by atoms with Gasteiger partial charge in [-0.3, -0.25) is 0 Å². The number of hydrogen-bond donors (Lipinski definition) is 0. The number of rotatable bonds is 4. The summed E-state index contributed by atoms with van der Waals surface area (Å²) < 4.78 is 29.1. The van der Waals surface area contributed by atoms with E-state index in [0.29, 0.717) is 0 Å². The highest BCUT2D eigenvalue weighted by atomic mass is 32.2. The molecule has 7 heterocycles. The number of para-hydroxylation sites is 2. The monoisotopic (exact) mass is 959 g/mol. The van der Waals surface area contributed by atoms with Crippen molar-refractivity contribution in [3.05, 3.63) is 212 Å². The van der Waals surface area contributed by atoms with E-state index in [0.717, 1.165) is 117 Å². The van der Waals surface area contributed by atoms with Crippen molar-refractivity contribution >= 4 is 119 Å². The maximum Gasteiger partial charge on any atom is 0.256 e. The van der Waals surface area contributed by atoms with Crippen LogP contribution >= 0.6 is 11.8 Å². The predicted molar refractivity (Wildman–Crippen MR) is 304 cm³/mol. The summed E-state index contributed by atoms with van der Waals surface area (Å²) in [6.45, 7) is -0.421. The van der Waals surface area contributed by atoms with Crippen LogP contribution in [-0.4, -0.2) is 13.4 Å². The van der Waals surface area contributed by atoms with Crippen molar-refractivity contribution < 1.29 is 18.3 Å². The topological polar surface area (TPSA) is 48.0 Å².